The Morgan fingerprint density at radius 1 is 1.38 bits per heavy atom. The number of aromatic nitrogens is 2. The summed E-state index contributed by atoms with van der Waals surface area (Å²) in [6.07, 6.45) is 1.34. The van der Waals surface area contributed by atoms with Gasteiger partial charge >= 0.3 is 0 Å². The topological polar surface area (TPSA) is 64.4 Å². The minimum absolute atomic E-state index is 0.176. The third kappa shape index (κ3) is 2.93. The summed E-state index contributed by atoms with van der Waals surface area (Å²) in [6.45, 7) is -0.176. The van der Waals surface area contributed by atoms with Gasteiger partial charge in [0.25, 0.3) is 11.5 Å². The predicted octanol–water partition coefficient (Wildman–Crippen LogP) is 2.28. The van der Waals surface area contributed by atoms with Crippen molar-refractivity contribution in [3.63, 3.8) is 0 Å². The lowest BCUT2D eigenvalue weighted by atomic mass is 10.1. The Balaban J connectivity index is 2.08. The summed E-state index contributed by atoms with van der Waals surface area (Å²) in [5.74, 6) is -0.721. The Morgan fingerprint density at radius 2 is 2.08 bits per heavy atom. The van der Waals surface area contributed by atoms with Crippen LogP contribution in [0.5, 0.6) is 0 Å². The number of amides is 1. The minimum Gasteiger partial charge on any atom is -0.289 e. The summed E-state index contributed by atoms with van der Waals surface area (Å²) >= 11 is 1.33. The summed E-state index contributed by atoms with van der Waals surface area (Å²) in [5, 5.41) is 3.27. The van der Waals surface area contributed by atoms with E-state index in [0.717, 1.165) is 10.6 Å². The lowest BCUT2D eigenvalue weighted by Crippen LogP contribution is -2.33. The third-order valence-corrected chi connectivity index (χ3v) is 4.53. The van der Waals surface area contributed by atoms with E-state index in [1.807, 2.05) is 0 Å². The summed E-state index contributed by atoms with van der Waals surface area (Å²) in [4.78, 5) is 34.3. The molecule has 0 N–H and O–H groups in total. The number of nitrogens with zero attached hydrogens (tertiary/aromatic N) is 3. The maximum atomic E-state index is 13.1. The molecule has 3 rings (SSSR count). The first-order chi connectivity index (χ1) is 11.5. The normalized spacial score (nSPS) is 11.0. The van der Waals surface area contributed by atoms with Crippen LogP contribution in [0, 0.1) is 5.82 Å². The van der Waals surface area contributed by atoms with Crippen molar-refractivity contribution in [1.29, 1.82) is 0 Å². The van der Waals surface area contributed by atoms with E-state index < -0.39 is 0 Å². The molecule has 3 aromatic rings. The number of fused-ring (bicyclic) bond motifs is 1. The van der Waals surface area contributed by atoms with E-state index in [0.29, 0.717) is 15.8 Å². The second-order valence-corrected chi connectivity index (χ2v) is 5.95. The van der Waals surface area contributed by atoms with Gasteiger partial charge in [-0.2, -0.15) is 0 Å². The Morgan fingerprint density at radius 3 is 2.75 bits per heavy atom. The van der Waals surface area contributed by atoms with Gasteiger partial charge in [0.05, 0.1) is 18.8 Å². The van der Waals surface area contributed by atoms with Gasteiger partial charge in [0.15, 0.2) is 0 Å². The van der Waals surface area contributed by atoms with Crippen LogP contribution in [-0.2, 0) is 16.2 Å². The van der Waals surface area contributed by atoms with E-state index in [-0.39, 0.29) is 23.8 Å². The van der Waals surface area contributed by atoms with E-state index in [4.69, 9.17) is 4.84 Å². The molecule has 24 heavy (non-hydrogen) atoms. The SMILES string of the molecule is CON(C)C(=O)Cn1cnc2scc(-c3ccc(F)cc3)c2c1=O. The smallest absolute Gasteiger partial charge is 0.265 e. The number of hydroxylamine groups is 2. The van der Waals surface area contributed by atoms with E-state index in [9.17, 15) is 14.0 Å². The predicted molar refractivity (Wildman–Crippen MR) is 89.1 cm³/mol. The summed E-state index contributed by atoms with van der Waals surface area (Å²) in [7, 11) is 2.83. The van der Waals surface area contributed by atoms with Crippen LogP contribution < -0.4 is 5.56 Å². The Hall–Kier alpha value is -2.58. The largest absolute Gasteiger partial charge is 0.289 e. The summed E-state index contributed by atoms with van der Waals surface area (Å²) in [6, 6.07) is 5.89. The molecular weight excluding hydrogens is 333 g/mol. The van der Waals surface area contributed by atoms with Crippen molar-refractivity contribution < 1.29 is 14.0 Å². The molecule has 1 aromatic carbocycles. The van der Waals surface area contributed by atoms with E-state index >= 15 is 0 Å². The molecule has 0 atom stereocenters. The van der Waals surface area contributed by atoms with Gasteiger partial charge in [0.1, 0.15) is 17.2 Å². The number of hydrogen-bond donors (Lipinski definition) is 0. The second kappa shape index (κ2) is 6.50. The fourth-order valence-corrected chi connectivity index (χ4v) is 3.18. The highest BCUT2D eigenvalue weighted by atomic mass is 32.1. The zero-order valence-electron chi connectivity index (χ0n) is 13.0. The number of thiophene rings is 1. The van der Waals surface area contributed by atoms with Gasteiger partial charge in [-0.15, -0.1) is 11.3 Å². The van der Waals surface area contributed by atoms with Crippen LogP contribution in [0.2, 0.25) is 0 Å². The van der Waals surface area contributed by atoms with E-state index in [1.165, 1.54) is 48.5 Å². The number of halogens is 1. The molecule has 1 amide bonds. The molecule has 0 saturated heterocycles. The van der Waals surface area contributed by atoms with Crippen molar-refractivity contribution in [2.75, 3.05) is 14.2 Å². The first kappa shape index (κ1) is 16.3. The highest BCUT2D eigenvalue weighted by Crippen LogP contribution is 2.30. The molecule has 8 heteroatoms. The molecule has 2 heterocycles. The van der Waals surface area contributed by atoms with Crippen LogP contribution in [0.25, 0.3) is 21.3 Å². The Labute approximate surface area is 140 Å². The molecule has 0 aliphatic carbocycles. The average molecular weight is 347 g/mol. The van der Waals surface area contributed by atoms with Crippen molar-refractivity contribution in [2.45, 2.75) is 6.54 Å². The van der Waals surface area contributed by atoms with Crippen molar-refractivity contribution in [2.24, 2.45) is 0 Å². The Kier molecular flexibility index (Phi) is 4.41. The molecule has 0 bridgehead atoms. The monoisotopic (exact) mass is 347 g/mol. The number of carbonyl (C=O) groups is 1. The lowest BCUT2D eigenvalue weighted by molar-refractivity contribution is -0.169. The number of likely N-dealkylation sites (N-methyl/N-ethyl adjacent to an activating group) is 1. The van der Waals surface area contributed by atoms with Crippen LogP contribution in [0.15, 0.2) is 40.8 Å². The number of rotatable bonds is 4. The second-order valence-electron chi connectivity index (χ2n) is 5.09. The van der Waals surface area contributed by atoms with Crippen molar-refractivity contribution in [3.05, 3.63) is 52.1 Å². The molecule has 0 unspecified atom stereocenters. The number of carbonyl (C=O) groups excluding carboxylic acids is 1. The molecule has 0 aliphatic rings. The molecule has 0 aliphatic heterocycles. The maximum Gasteiger partial charge on any atom is 0.265 e. The van der Waals surface area contributed by atoms with Gasteiger partial charge < -0.3 is 0 Å². The summed E-state index contributed by atoms with van der Waals surface area (Å²) in [5.41, 5.74) is 1.08. The molecule has 2 aromatic heterocycles. The maximum absolute atomic E-state index is 13.1. The van der Waals surface area contributed by atoms with Crippen molar-refractivity contribution >= 4 is 27.5 Å². The zero-order chi connectivity index (χ0) is 17.3. The molecule has 0 fully saturated rings. The average Bonchev–Trinajstić information content (AvgIpc) is 3.02. The molecular formula is C16H14FN3O3S. The van der Waals surface area contributed by atoms with Gasteiger partial charge in [0, 0.05) is 18.0 Å². The Bertz CT molecular complexity index is 949. The van der Waals surface area contributed by atoms with Gasteiger partial charge in [0.2, 0.25) is 0 Å². The fourth-order valence-electron chi connectivity index (χ4n) is 2.27. The van der Waals surface area contributed by atoms with E-state index in [1.54, 1.807) is 17.5 Å². The van der Waals surface area contributed by atoms with Gasteiger partial charge in [-0.05, 0) is 17.7 Å². The quantitative estimate of drug-likeness (QED) is 0.679. The molecule has 124 valence electrons. The van der Waals surface area contributed by atoms with Crippen molar-refractivity contribution in [1.82, 2.24) is 14.6 Å². The molecule has 0 spiro atoms. The molecule has 0 saturated carbocycles. The van der Waals surface area contributed by atoms with Crippen LogP contribution in [0.3, 0.4) is 0 Å². The third-order valence-electron chi connectivity index (χ3n) is 3.65. The van der Waals surface area contributed by atoms with Crippen LogP contribution in [0.4, 0.5) is 4.39 Å². The van der Waals surface area contributed by atoms with Crippen LogP contribution >= 0.6 is 11.3 Å². The first-order valence-corrected chi connectivity index (χ1v) is 7.92. The number of benzene rings is 1. The van der Waals surface area contributed by atoms with Gasteiger partial charge in [-0.1, -0.05) is 12.1 Å². The van der Waals surface area contributed by atoms with Gasteiger partial charge in [-0.3, -0.25) is 19.0 Å². The van der Waals surface area contributed by atoms with Crippen LogP contribution in [0.1, 0.15) is 0 Å². The zero-order valence-corrected chi connectivity index (χ0v) is 13.8. The molecule has 0 radical (unpaired) electrons. The standard InChI is InChI=1S/C16H14FN3O3S/c1-19(23-2)13(21)7-20-9-18-15-14(16(20)22)12(8-24-15)10-3-5-11(17)6-4-10/h3-6,8-9H,7H2,1-2H3. The lowest BCUT2D eigenvalue weighted by Gasteiger charge is -2.14. The number of hydrogen-bond acceptors (Lipinski definition) is 5. The molecule has 6 nitrogen and oxygen atoms in total. The minimum atomic E-state index is -0.376. The highest BCUT2D eigenvalue weighted by molar-refractivity contribution is 7.17. The van der Waals surface area contributed by atoms with Crippen molar-refractivity contribution in [3.8, 4) is 11.1 Å². The van der Waals surface area contributed by atoms with Gasteiger partial charge in [-0.25, -0.2) is 14.4 Å². The van der Waals surface area contributed by atoms with E-state index in [2.05, 4.69) is 4.98 Å². The fraction of sp³-hybridized carbons (Fsp3) is 0.188. The first-order valence-electron chi connectivity index (χ1n) is 7.04. The highest BCUT2D eigenvalue weighted by Gasteiger charge is 2.16. The summed E-state index contributed by atoms with van der Waals surface area (Å²) < 4.78 is 14.3. The van der Waals surface area contributed by atoms with Crippen LogP contribution in [-0.4, -0.2) is 34.7 Å².